The monoisotopic (exact) mass is 139 g/mol. The van der Waals surface area contributed by atoms with Crippen molar-refractivity contribution in [2.75, 3.05) is 0 Å². The molecule has 0 aromatic carbocycles. The number of hydrogen-bond donors (Lipinski definition) is 1. The first-order chi connectivity index (χ1) is 5.91. The standard InChI is InChI=1S/C7H8N2O/c1-5-2-3-9-6(4-5)7(8)10/h2-4H,1H3,(H2,8,10)/i1D3. The maximum atomic E-state index is 10.7. The van der Waals surface area contributed by atoms with Gasteiger partial charge in [0.1, 0.15) is 5.69 Å². The Balaban J connectivity index is 3.13. The number of primary amides is 1. The summed E-state index contributed by atoms with van der Waals surface area (Å²) in [7, 11) is 0. The summed E-state index contributed by atoms with van der Waals surface area (Å²) in [6.45, 7) is -2.23. The van der Waals surface area contributed by atoms with Crippen LogP contribution in [0.15, 0.2) is 18.3 Å². The maximum absolute atomic E-state index is 10.7. The maximum Gasteiger partial charge on any atom is 0.267 e. The fourth-order valence-electron chi connectivity index (χ4n) is 0.565. The molecular weight excluding hydrogens is 128 g/mol. The Kier molecular flexibility index (Phi) is 0.917. The zero-order valence-corrected chi connectivity index (χ0v) is 5.16. The summed E-state index contributed by atoms with van der Waals surface area (Å²) in [5, 5.41) is 0. The number of pyridine rings is 1. The lowest BCUT2D eigenvalue weighted by Crippen LogP contribution is -2.12. The number of aryl methyl sites for hydroxylation is 1. The first-order valence-electron chi connectivity index (χ1n) is 4.17. The Bertz CT molecular complexity index is 335. The van der Waals surface area contributed by atoms with Crippen LogP contribution in [0.3, 0.4) is 0 Å². The summed E-state index contributed by atoms with van der Waals surface area (Å²) in [5.41, 5.74) is 4.97. The van der Waals surface area contributed by atoms with Crippen molar-refractivity contribution in [1.82, 2.24) is 4.98 Å². The second kappa shape index (κ2) is 2.47. The van der Waals surface area contributed by atoms with Crippen molar-refractivity contribution >= 4 is 5.91 Å². The van der Waals surface area contributed by atoms with E-state index >= 15 is 0 Å². The predicted molar refractivity (Wildman–Crippen MR) is 37.5 cm³/mol. The van der Waals surface area contributed by atoms with Crippen LogP contribution in [0.25, 0.3) is 0 Å². The molecule has 1 aromatic heterocycles. The van der Waals surface area contributed by atoms with Gasteiger partial charge in [-0.25, -0.2) is 0 Å². The van der Waals surface area contributed by atoms with Crippen molar-refractivity contribution < 1.29 is 8.91 Å². The smallest absolute Gasteiger partial charge is 0.267 e. The molecule has 1 amide bonds. The Hall–Kier alpha value is -1.38. The van der Waals surface area contributed by atoms with Crippen LogP contribution in [0.5, 0.6) is 0 Å². The van der Waals surface area contributed by atoms with Gasteiger partial charge >= 0.3 is 0 Å². The van der Waals surface area contributed by atoms with Gasteiger partial charge in [0, 0.05) is 10.3 Å². The van der Waals surface area contributed by atoms with Crippen molar-refractivity contribution in [3.63, 3.8) is 0 Å². The van der Waals surface area contributed by atoms with E-state index in [-0.39, 0.29) is 11.3 Å². The third-order valence-electron chi connectivity index (χ3n) is 1.01. The van der Waals surface area contributed by atoms with Gasteiger partial charge in [0.05, 0.1) is 0 Å². The fourth-order valence-corrected chi connectivity index (χ4v) is 0.565. The average Bonchev–Trinajstić information content (AvgIpc) is 2.03. The van der Waals surface area contributed by atoms with Gasteiger partial charge in [-0.1, -0.05) is 0 Å². The summed E-state index contributed by atoms with van der Waals surface area (Å²) in [6, 6.07) is 2.51. The van der Waals surface area contributed by atoms with Crippen molar-refractivity contribution in [1.29, 1.82) is 0 Å². The van der Waals surface area contributed by atoms with Gasteiger partial charge in [-0.3, -0.25) is 9.78 Å². The van der Waals surface area contributed by atoms with Crippen LogP contribution < -0.4 is 5.73 Å². The zero-order valence-electron chi connectivity index (χ0n) is 8.16. The second-order valence-corrected chi connectivity index (χ2v) is 1.79. The Labute approximate surface area is 63.1 Å². The highest BCUT2D eigenvalue weighted by Gasteiger charge is 1.98. The largest absolute Gasteiger partial charge is 0.364 e. The molecule has 1 rings (SSSR count). The Morgan fingerprint density at radius 3 is 3.30 bits per heavy atom. The normalized spacial score (nSPS) is 15.0. The molecule has 1 aromatic rings. The number of nitrogens with zero attached hydrogens (tertiary/aromatic N) is 1. The van der Waals surface area contributed by atoms with Crippen LogP contribution in [0.2, 0.25) is 0 Å². The lowest BCUT2D eigenvalue weighted by molar-refractivity contribution is 0.0995. The summed E-state index contributed by atoms with van der Waals surface area (Å²) in [5.74, 6) is -0.730. The van der Waals surface area contributed by atoms with Crippen molar-refractivity contribution in [2.24, 2.45) is 5.73 Å². The summed E-state index contributed by atoms with van der Waals surface area (Å²) >= 11 is 0. The van der Waals surface area contributed by atoms with Crippen molar-refractivity contribution in [3.05, 3.63) is 29.6 Å². The molecule has 0 aliphatic carbocycles. The minimum absolute atomic E-state index is 0.0337. The molecule has 10 heavy (non-hydrogen) atoms. The fraction of sp³-hybridized carbons (Fsp3) is 0.143. The predicted octanol–water partition coefficient (Wildman–Crippen LogP) is 0.489. The molecule has 0 unspecified atom stereocenters. The minimum Gasteiger partial charge on any atom is -0.364 e. The molecule has 0 radical (unpaired) electrons. The molecule has 0 atom stereocenters. The van der Waals surface area contributed by atoms with E-state index < -0.39 is 12.8 Å². The van der Waals surface area contributed by atoms with E-state index in [1.807, 2.05) is 0 Å². The number of hydrogen-bond acceptors (Lipinski definition) is 2. The Morgan fingerprint density at radius 2 is 2.70 bits per heavy atom. The van der Waals surface area contributed by atoms with Crippen molar-refractivity contribution in [3.8, 4) is 0 Å². The van der Waals surface area contributed by atoms with E-state index in [9.17, 15) is 4.79 Å². The summed E-state index contributed by atoms with van der Waals surface area (Å²) < 4.78 is 21.2. The van der Waals surface area contributed by atoms with E-state index in [1.54, 1.807) is 0 Å². The van der Waals surface area contributed by atoms with Crippen LogP contribution in [0, 0.1) is 6.85 Å². The molecule has 0 fully saturated rings. The number of nitrogens with two attached hydrogens (primary N) is 1. The highest BCUT2D eigenvalue weighted by Crippen LogP contribution is 1.97. The van der Waals surface area contributed by atoms with E-state index in [4.69, 9.17) is 9.85 Å². The zero-order chi connectivity index (χ0) is 10.1. The molecule has 0 aliphatic rings. The third-order valence-corrected chi connectivity index (χ3v) is 1.01. The van der Waals surface area contributed by atoms with Crippen LogP contribution in [0.4, 0.5) is 0 Å². The highest BCUT2D eigenvalue weighted by atomic mass is 16.1. The highest BCUT2D eigenvalue weighted by molar-refractivity contribution is 5.90. The van der Waals surface area contributed by atoms with E-state index in [1.165, 1.54) is 18.3 Å². The van der Waals surface area contributed by atoms with Gasteiger partial charge in [-0.15, -0.1) is 0 Å². The van der Waals surface area contributed by atoms with Crippen LogP contribution in [-0.2, 0) is 0 Å². The molecule has 52 valence electrons. The van der Waals surface area contributed by atoms with Crippen LogP contribution in [-0.4, -0.2) is 10.9 Å². The first-order valence-corrected chi connectivity index (χ1v) is 2.67. The summed E-state index contributed by atoms with van der Waals surface area (Å²) in [4.78, 5) is 14.3. The SMILES string of the molecule is [2H]C([2H])([2H])c1ccnc(C(N)=O)c1. The molecule has 0 saturated carbocycles. The second-order valence-electron chi connectivity index (χ2n) is 1.79. The van der Waals surface area contributed by atoms with Crippen LogP contribution in [0.1, 0.15) is 20.2 Å². The van der Waals surface area contributed by atoms with Crippen LogP contribution >= 0.6 is 0 Å². The molecule has 3 heteroatoms. The molecule has 0 aliphatic heterocycles. The molecule has 0 spiro atoms. The van der Waals surface area contributed by atoms with Gasteiger partial charge in [0.2, 0.25) is 0 Å². The van der Waals surface area contributed by atoms with Crippen molar-refractivity contribution in [2.45, 2.75) is 6.85 Å². The summed E-state index contributed by atoms with van der Waals surface area (Å²) in [6.07, 6.45) is 1.25. The van der Waals surface area contributed by atoms with Gasteiger partial charge in [0.15, 0.2) is 0 Å². The molecule has 1 heterocycles. The van der Waals surface area contributed by atoms with Gasteiger partial charge in [0.25, 0.3) is 5.91 Å². The lowest BCUT2D eigenvalue weighted by Gasteiger charge is -1.93. The third kappa shape index (κ3) is 1.31. The minimum atomic E-state index is -2.23. The average molecular weight is 139 g/mol. The van der Waals surface area contributed by atoms with E-state index in [0.29, 0.717) is 0 Å². The topological polar surface area (TPSA) is 56.0 Å². The number of carbonyl (C=O) groups excluding carboxylic acids is 1. The number of amides is 1. The first kappa shape index (κ1) is 3.71. The Morgan fingerprint density at radius 1 is 1.90 bits per heavy atom. The van der Waals surface area contributed by atoms with Gasteiger partial charge in [-0.05, 0) is 24.5 Å². The number of aromatic nitrogens is 1. The lowest BCUT2D eigenvalue weighted by atomic mass is 10.2. The molecular formula is C7H8N2O. The van der Waals surface area contributed by atoms with E-state index in [2.05, 4.69) is 4.98 Å². The molecule has 3 nitrogen and oxygen atoms in total. The van der Waals surface area contributed by atoms with Gasteiger partial charge < -0.3 is 5.73 Å². The number of rotatable bonds is 1. The van der Waals surface area contributed by atoms with Gasteiger partial charge in [-0.2, -0.15) is 0 Å². The number of carbonyl (C=O) groups is 1. The molecule has 0 bridgehead atoms. The van der Waals surface area contributed by atoms with E-state index in [0.717, 1.165) is 0 Å². The quantitative estimate of drug-likeness (QED) is 0.615. The molecule has 0 saturated heterocycles. The molecule has 2 N–H and O–H groups in total.